The summed E-state index contributed by atoms with van der Waals surface area (Å²) in [5.41, 5.74) is 7.83. The van der Waals surface area contributed by atoms with E-state index in [0.717, 1.165) is 0 Å². The summed E-state index contributed by atoms with van der Waals surface area (Å²) in [6, 6.07) is 13.4. The van der Waals surface area contributed by atoms with Gasteiger partial charge in [-0.2, -0.15) is 5.26 Å². The minimum Gasteiger partial charge on any atom is -0.382 e. The molecular formula is C26H21F2N7O. The van der Waals surface area contributed by atoms with E-state index in [9.17, 15) is 18.8 Å². The Hall–Kier alpha value is -4.91. The molecule has 180 valence electrons. The molecule has 36 heavy (non-hydrogen) atoms. The van der Waals surface area contributed by atoms with Crippen molar-refractivity contribution in [2.75, 3.05) is 11.1 Å². The first-order chi connectivity index (χ1) is 17.3. The minimum absolute atomic E-state index is 0.150. The second-order valence-corrected chi connectivity index (χ2v) is 7.97. The second kappa shape index (κ2) is 10.6. The number of nitrogen functional groups attached to an aromatic ring is 1. The van der Waals surface area contributed by atoms with Gasteiger partial charge in [-0.3, -0.25) is 9.78 Å². The molecule has 2 aromatic heterocycles. The van der Waals surface area contributed by atoms with Crippen LogP contribution in [0.4, 0.5) is 20.4 Å². The summed E-state index contributed by atoms with van der Waals surface area (Å²) in [5, 5.41) is 15.1. The molecule has 2 heterocycles. The van der Waals surface area contributed by atoms with Gasteiger partial charge in [-0.1, -0.05) is 18.2 Å². The highest BCUT2D eigenvalue weighted by molar-refractivity contribution is 5.99. The van der Waals surface area contributed by atoms with Gasteiger partial charge in [-0.25, -0.2) is 18.7 Å². The fraction of sp³-hybridized carbons (Fsp3) is 0.115. The zero-order chi connectivity index (χ0) is 25.7. The lowest BCUT2D eigenvalue weighted by Gasteiger charge is -2.17. The lowest BCUT2D eigenvalue weighted by molar-refractivity contribution is 0.0940. The van der Waals surface area contributed by atoms with Gasteiger partial charge in [-0.05, 0) is 48.4 Å². The molecule has 4 N–H and O–H groups in total. The number of hydrogen-bond donors (Lipinski definition) is 3. The Morgan fingerprint density at radius 2 is 1.83 bits per heavy atom. The van der Waals surface area contributed by atoms with E-state index in [1.165, 1.54) is 42.9 Å². The van der Waals surface area contributed by atoms with Gasteiger partial charge < -0.3 is 16.4 Å². The number of rotatable bonds is 7. The van der Waals surface area contributed by atoms with E-state index in [-0.39, 0.29) is 40.7 Å². The zero-order valence-electron chi connectivity index (χ0n) is 19.2. The minimum atomic E-state index is -0.493. The highest BCUT2D eigenvalue weighted by atomic mass is 19.1. The molecule has 1 amide bonds. The maximum absolute atomic E-state index is 14.7. The third-order valence-electron chi connectivity index (χ3n) is 5.42. The number of nitrogens with one attached hydrogen (secondary N) is 2. The third-order valence-corrected chi connectivity index (χ3v) is 5.42. The molecule has 0 aliphatic rings. The Bertz CT molecular complexity index is 1430. The van der Waals surface area contributed by atoms with Crippen LogP contribution in [0.15, 0.2) is 67.1 Å². The molecule has 0 bridgehead atoms. The molecule has 4 rings (SSSR count). The largest absolute Gasteiger partial charge is 0.382 e. The Morgan fingerprint density at radius 1 is 1.06 bits per heavy atom. The average molecular weight is 485 g/mol. The van der Waals surface area contributed by atoms with E-state index in [1.807, 2.05) is 6.07 Å². The molecule has 0 aliphatic heterocycles. The lowest BCUT2D eigenvalue weighted by atomic mass is 10.1. The number of carbonyl (C=O) groups excluding carboxylic acids is 1. The second-order valence-electron chi connectivity index (χ2n) is 7.97. The van der Waals surface area contributed by atoms with Crippen LogP contribution in [0.1, 0.15) is 40.0 Å². The summed E-state index contributed by atoms with van der Waals surface area (Å²) < 4.78 is 28.0. The fourth-order valence-corrected chi connectivity index (χ4v) is 3.49. The van der Waals surface area contributed by atoms with E-state index < -0.39 is 17.8 Å². The van der Waals surface area contributed by atoms with Crippen molar-refractivity contribution >= 4 is 17.5 Å². The predicted molar refractivity (Wildman–Crippen MR) is 130 cm³/mol. The molecule has 1 atom stereocenters. The number of aromatic nitrogens is 3. The van der Waals surface area contributed by atoms with Crippen molar-refractivity contribution in [2.45, 2.75) is 19.5 Å². The summed E-state index contributed by atoms with van der Waals surface area (Å²) >= 11 is 0. The molecule has 1 unspecified atom stereocenters. The maximum atomic E-state index is 14.7. The van der Waals surface area contributed by atoms with Crippen LogP contribution < -0.4 is 16.4 Å². The Morgan fingerprint density at radius 3 is 2.50 bits per heavy atom. The highest BCUT2D eigenvalue weighted by Crippen LogP contribution is 2.23. The third kappa shape index (κ3) is 5.59. The fourth-order valence-electron chi connectivity index (χ4n) is 3.49. The number of nitriles is 1. The van der Waals surface area contributed by atoms with E-state index in [2.05, 4.69) is 25.6 Å². The molecule has 4 aromatic rings. The van der Waals surface area contributed by atoms with E-state index in [4.69, 9.17) is 5.73 Å². The first-order valence-corrected chi connectivity index (χ1v) is 10.9. The molecule has 0 spiro atoms. The Kier molecular flexibility index (Phi) is 7.11. The molecule has 10 heteroatoms. The SMILES string of the molecule is CC(NC(=O)c1cc(C#N)cnc1NCc1ccc(-c2cnc(N)cn2)c(F)c1)c1ccc(F)cc1. The summed E-state index contributed by atoms with van der Waals surface area (Å²) in [6.45, 7) is 1.92. The van der Waals surface area contributed by atoms with Crippen molar-refractivity contribution in [2.24, 2.45) is 0 Å². The van der Waals surface area contributed by atoms with Crippen LogP contribution in [0.25, 0.3) is 11.3 Å². The average Bonchev–Trinajstić information content (AvgIpc) is 2.88. The van der Waals surface area contributed by atoms with Crippen LogP contribution in [0.2, 0.25) is 0 Å². The molecule has 0 aliphatic carbocycles. The van der Waals surface area contributed by atoms with Crippen LogP contribution in [-0.4, -0.2) is 20.9 Å². The van der Waals surface area contributed by atoms with Gasteiger partial charge in [0.15, 0.2) is 0 Å². The topological polar surface area (TPSA) is 130 Å². The van der Waals surface area contributed by atoms with Crippen molar-refractivity contribution in [3.8, 4) is 17.3 Å². The summed E-state index contributed by atoms with van der Waals surface area (Å²) in [7, 11) is 0. The lowest BCUT2D eigenvalue weighted by Crippen LogP contribution is -2.28. The molecular weight excluding hydrogens is 464 g/mol. The number of halogens is 2. The number of hydrogen-bond acceptors (Lipinski definition) is 7. The summed E-state index contributed by atoms with van der Waals surface area (Å²) in [6.07, 6.45) is 4.08. The van der Waals surface area contributed by atoms with Crippen LogP contribution in [0, 0.1) is 23.0 Å². The zero-order valence-corrected chi connectivity index (χ0v) is 19.2. The number of nitrogens with two attached hydrogens (primary N) is 1. The van der Waals surface area contributed by atoms with Crippen LogP contribution in [0.5, 0.6) is 0 Å². The van der Waals surface area contributed by atoms with Gasteiger partial charge in [0.1, 0.15) is 29.3 Å². The molecule has 2 aromatic carbocycles. The standard InChI is InChI=1S/C26H21F2N7O/c1-15(18-3-5-19(27)6-4-18)35-26(36)21-8-17(10-29)12-34-25(21)33-11-16-2-7-20(22(28)9-16)23-13-32-24(30)14-31-23/h2-9,12-15H,11H2,1H3,(H2,30,32)(H,33,34)(H,35,36). The van der Waals surface area contributed by atoms with Crippen molar-refractivity contribution in [1.29, 1.82) is 5.26 Å². The Labute approximate surface area is 205 Å². The van der Waals surface area contributed by atoms with Gasteiger partial charge in [-0.15, -0.1) is 0 Å². The monoisotopic (exact) mass is 485 g/mol. The number of amides is 1. The molecule has 0 saturated carbocycles. The van der Waals surface area contributed by atoms with Gasteiger partial charge in [0.05, 0.1) is 35.3 Å². The molecule has 0 radical (unpaired) electrons. The van der Waals surface area contributed by atoms with Gasteiger partial charge in [0.2, 0.25) is 0 Å². The molecule has 8 nitrogen and oxygen atoms in total. The smallest absolute Gasteiger partial charge is 0.255 e. The quantitative estimate of drug-likeness (QED) is 0.354. The van der Waals surface area contributed by atoms with Crippen LogP contribution in [-0.2, 0) is 6.54 Å². The van der Waals surface area contributed by atoms with Crippen molar-refractivity contribution in [3.63, 3.8) is 0 Å². The van der Waals surface area contributed by atoms with Gasteiger partial charge in [0, 0.05) is 18.3 Å². The summed E-state index contributed by atoms with van der Waals surface area (Å²) in [4.78, 5) is 25.2. The van der Waals surface area contributed by atoms with E-state index in [0.29, 0.717) is 16.8 Å². The highest BCUT2D eigenvalue weighted by Gasteiger charge is 2.17. The first-order valence-electron chi connectivity index (χ1n) is 10.9. The van der Waals surface area contributed by atoms with Crippen molar-refractivity contribution in [1.82, 2.24) is 20.3 Å². The number of pyridine rings is 1. The number of nitrogens with zero attached hydrogens (tertiary/aromatic N) is 4. The van der Waals surface area contributed by atoms with Crippen LogP contribution in [0.3, 0.4) is 0 Å². The maximum Gasteiger partial charge on any atom is 0.255 e. The van der Waals surface area contributed by atoms with Gasteiger partial charge in [0.25, 0.3) is 5.91 Å². The van der Waals surface area contributed by atoms with E-state index in [1.54, 1.807) is 31.2 Å². The Balaban J connectivity index is 1.51. The van der Waals surface area contributed by atoms with Crippen molar-refractivity contribution in [3.05, 3.63) is 101 Å². The van der Waals surface area contributed by atoms with Crippen molar-refractivity contribution < 1.29 is 13.6 Å². The normalized spacial score (nSPS) is 11.4. The number of anilines is 2. The number of carbonyl (C=O) groups is 1. The molecule has 0 saturated heterocycles. The summed E-state index contributed by atoms with van der Waals surface area (Å²) in [5.74, 6) is -0.872. The molecule has 0 fully saturated rings. The first kappa shape index (κ1) is 24.2. The van der Waals surface area contributed by atoms with Crippen LogP contribution >= 0.6 is 0 Å². The predicted octanol–water partition coefficient (Wildman–Crippen LogP) is 4.37. The van der Waals surface area contributed by atoms with E-state index >= 15 is 0 Å². The van der Waals surface area contributed by atoms with Gasteiger partial charge >= 0.3 is 0 Å². The number of benzene rings is 2.